The van der Waals surface area contributed by atoms with Crippen molar-refractivity contribution in [3.63, 3.8) is 0 Å². The number of hydrogen-bond donors (Lipinski definition) is 3. The van der Waals surface area contributed by atoms with Gasteiger partial charge in [0, 0.05) is 5.02 Å². The van der Waals surface area contributed by atoms with Crippen molar-refractivity contribution in [2.75, 3.05) is 19.0 Å². The first-order valence-corrected chi connectivity index (χ1v) is 8.42. The molecule has 0 spiro atoms. The molecule has 1 aromatic rings. The number of carboxylic acids is 1. The Labute approximate surface area is 137 Å². The van der Waals surface area contributed by atoms with E-state index in [2.05, 4.69) is 10.6 Å². The summed E-state index contributed by atoms with van der Waals surface area (Å²) in [5.41, 5.74) is 0.448. The van der Waals surface area contributed by atoms with Gasteiger partial charge in [-0.15, -0.1) is 0 Å². The minimum atomic E-state index is -3.76. The Morgan fingerprint density at radius 1 is 1.23 bits per heavy atom. The van der Waals surface area contributed by atoms with Gasteiger partial charge < -0.3 is 10.4 Å². The summed E-state index contributed by atoms with van der Waals surface area (Å²) in [6.07, 6.45) is 0. The topological polar surface area (TPSA) is 113 Å². The lowest BCUT2D eigenvalue weighted by molar-refractivity contribution is -0.137. The first-order chi connectivity index (χ1) is 10.1. The molecular formula is C12H14Cl2N2O5S. The fraction of sp³-hybridized carbons (Fsp3) is 0.333. The molecule has 3 N–H and O–H groups in total. The van der Waals surface area contributed by atoms with Gasteiger partial charge in [0.05, 0.1) is 16.5 Å². The van der Waals surface area contributed by atoms with E-state index in [1.165, 1.54) is 12.1 Å². The fourth-order valence-corrected chi connectivity index (χ4v) is 3.44. The molecule has 0 fully saturated rings. The molecule has 22 heavy (non-hydrogen) atoms. The number of halogens is 2. The molecule has 122 valence electrons. The quantitative estimate of drug-likeness (QED) is 0.656. The van der Waals surface area contributed by atoms with E-state index < -0.39 is 34.1 Å². The monoisotopic (exact) mass is 368 g/mol. The number of benzene rings is 1. The molecule has 0 aromatic heterocycles. The minimum absolute atomic E-state index is 0.0321. The van der Waals surface area contributed by atoms with Crippen LogP contribution >= 0.6 is 23.2 Å². The normalized spacial score (nSPS) is 11.2. The first kappa shape index (κ1) is 18.7. The molecule has 1 amide bonds. The van der Waals surface area contributed by atoms with Gasteiger partial charge in [0.15, 0.2) is 9.84 Å². The van der Waals surface area contributed by atoms with E-state index in [1.54, 1.807) is 6.92 Å². The van der Waals surface area contributed by atoms with Gasteiger partial charge in [0.2, 0.25) is 5.91 Å². The van der Waals surface area contributed by atoms with Crippen LogP contribution in [0.5, 0.6) is 0 Å². The van der Waals surface area contributed by atoms with Crippen molar-refractivity contribution in [2.24, 2.45) is 0 Å². The van der Waals surface area contributed by atoms with Crippen molar-refractivity contribution >= 4 is 44.9 Å². The Morgan fingerprint density at radius 3 is 2.45 bits per heavy atom. The summed E-state index contributed by atoms with van der Waals surface area (Å²) in [6.45, 7) is 0.725. The van der Waals surface area contributed by atoms with E-state index in [9.17, 15) is 18.0 Å². The number of rotatable bonds is 7. The zero-order chi connectivity index (χ0) is 16.9. The van der Waals surface area contributed by atoms with Crippen LogP contribution < -0.4 is 10.6 Å². The Balaban J connectivity index is 2.68. The smallest absolute Gasteiger partial charge is 0.322 e. The highest BCUT2D eigenvalue weighted by Crippen LogP contribution is 2.30. The highest BCUT2D eigenvalue weighted by Gasteiger charge is 2.20. The summed E-state index contributed by atoms with van der Waals surface area (Å²) < 4.78 is 24.3. The maximum Gasteiger partial charge on any atom is 0.322 e. The SMILES string of the molecule is Cc1c(Cl)ccc(S(=O)(=O)CNCC(=O)NCC(=O)O)c1Cl. The van der Waals surface area contributed by atoms with Crippen molar-refractivity contribution in [3.8, 4) is 0 Å². The molecule has 0 atom stereocenters. The van der Waals surface area contributed by atoms with Gasteiger partial charge in [-0.3, -0.25) is 14.9 Å². The molecule has 7 nitrogen and oxygen atoms in total. The van der Waals surface area contributed by atoms with Gasteiger partial charge in [-0.05, 0) is 24.6 Å². The highest BCUT2D eigenvalue weighted by atomic mass is 35.5. The Hall–Kier alpha value is -1.35. The maximum absolute atomic E-state index is 12.1. The number of sulfone groups is 1. The molecule has 1 rings (SSSR count). The van der Waals surface area contributed by atoms with Crippen LogP contribution in [0.25, 0.3) is 0 Å². The molecule has 0 aliphatic carbocycles. The molecule has 10 heteroatoms. The predicted octanol–water partition coefficient (Wildman–Crippen LogP) is 0.823. The predicted molar refractivity (Wildman–Crippen MR) is 81.9 cm³/mol. The van der Waals surface area contributed by atoms with E-state index in [4.69, 9.17) is 28.3 Å². The lowest BCUT2D eigenvalue weighted by Gasteiger charge is -2.10. The van der Waals surface area contributed by atoms with Crippen molar-refractivity contribution in [1.29, 1.82) is 0 Å². The third-order valence-electron chi connectivity index (χ3n) is 2.63. The first-order valence-electron chi connectivity index (χ1n) is 6.01. The molecule has 0 bridgehead atoms. The second-order valence-corrected chi connectivity index (χ2v) is 7.08. The number of carboxylic acid groups (broad SMARTS) is 1. The summed E-state index contributed by atoms with van der Waals surface area (Å²) >= 11 is 11.8. The second kappa shape index (κ2) is 7.77. The Kier molecular flexibility index (Phi) is 6.61. The molecule has 0 heterocycles. The molecule has 1 aromatic carbocycles. The van der Waals surface area contributed by atoms with E-state index in [-0.39, 0.29) is 16.5 Å². The van der Waals surface area contributed by atoms with E-state index >= 15 is 0 Å². The average molecular weight is 369 g/mol. The van der Waals surface area contributed by atoms with E-state index in [0.29, 0.717) is 10.6 Å². The van der Waals surface area contributed by atoms with Gasteiger partial charge in [-0.1, -0.05) is 23.2 Å². The van der Waals surface area contributed by atoms with Gasteiger partial charge in [-0.2, -0.15) is 0 Å². The molecule has 0 unspecified atom stereocenters. The van der Waals surface area contributed by atoms with Crippen molar-refractivity contribution in [1.82, 2.24) is 10.6 Å². The van der Waals surface area contributed by atoms with E-state index in [0.717, 1.165) is 0 Å². The number of carbonyl (C=O) groups excluding carboxylic acids is 1. The largest absolute Gasteiger partial charge is 0.480 e. The summed E-state index contributed by atoms with van der Waals surface area (Å²) in [5.74, 6) is -2.34. The highest BCUT2D eigenvalue weighted by molar-refractivity contribution is 7.91. The van der Waals surface area contributed by atoms with Crippen molar-refractivity contribution < 1.29 is 23.1 Å². The summed E-state index contributed by atoms with van der Waals surface area (Å²) in [5, 5.41) is 13.3. The number of nitrogens with one attached hydrogen (secondary N) is 2. The zero-order valence-corrected chi connectivity index (χ0v) is 13.8. The second-order valence-electron chi connectivity index (χ2n) is 4.34. The third-order valence-corrected chi connectivity index (χ3v) is 5.24. The van der Waals surface area contributed by atoms with Crippen LogP contribution in [0.15, 0.2) is 17.0 Å². The zero-order valence-electron chi connectivity index (χ0n) is 11.5. The number of carbonyl (C=O) groups is 2. The number of hydrogen-bond acceptors (Lipinski definition) is 5. The van der Waals surface area contributed by atoms with Crippen LogP contribution in [0.3, 0.4) is 0 Å². The van der Waals surface area contributed by atoms with Gasteiger partial charge in [-0.25, -0.2) is 8.42 Å². The standard InChI is InChI=1S/C12H14Cl2N2O5S/c1-7-8(13)2-3-9(12(7)14)22(20,21)6-15-4-10(17)16-5-11(18)19/h2-3,15H,4-6H2,1H3,(H,16,17)(H,18,19). The fourth-order valence-electron chi connectivity index (χ4n) is 1.49. The van der Waals surface area contributed by atoms with Crippen LogP contribution in [0.2, 0.25) is 10.0 Å². The molecule has 0 aliphatic heterocycles. The minimum Gasteiger partial charge on any atom is -0.480 e. The Bertz CT molecular complexity index is 691. The summed E-state index contributed by atoms with van der Waals surface area (Å²) in [7, 11) is -3.76. The third kappa shape index (κ3) is 5.13. The lowest BCUT2D eigenvalue weighted by Crippen LogP contribution is -2.38. The van der Waals surface area contributed by atoms with Crippen LogP contribution in [0.4, 0.5) is 0 Å². The summed E-state index contributed by atoms with van der Waals surface area (Å²) in [4.78, 5) is 21.4. The van der Waals surface area contributed by atoms with Gasteiger partial charge in [0.1, 0.15) is 12.4 Å². The van der Waals surface area contributed by atoms with Crippen LogP contribution in [-0.4, -0.2) is 44.4 Å². The summed E-state index contributed by atoms with van der Waals surface area (Å²) in [6, 6.07) is 2.72. The molecule has 0 radical (unpaired) electrons. The molecule has 0 aliphatic rings. The van der Waals surface area contributed by atoms with Crippen LogP contribution in [0, 0.1) is 6.92 Å². The van der Waals surface area contributed by atoms with Crippen molar-refractivity contribution in [3.05, 3.63) is 27.7 Å². The van der Waals surface area contributed by atoms with Crippen molar-refractivity contribution in [2.45, 2.75) is 11.8 Å². The number of aliphatic carboxylic acids is 1. The van der Waals surface area contributed by atoms with Crippen LogP contribution in [0.1, 0.15) is 5.56 Å². The van der Waals surface area contributed by atoms with Crippen LogP contribution in [-0.2, 0) is 19.4 Å². The molecule has 0 saturated carbocycles. The maximum atomic E-state index is 12.1. The lowest BCUT2D eigenvalue weighted by atomic mass is 10.2. The molecule has 0 saturated heterocycles. The van der Waals surface area contributed by atoms with Gasteiger partial charge >= 0.3 is 5.97 Å². The average Bonchev–Trinajstić information content (AvgIpc) is 2.42. The Morgan fingerprint density at radius 2 is 1.86 bits per heavy atom. The number of amides is 1. The van der Waals surface area contributed by atoms with E-state index in [1.807, 2.05) is 0 Å². The molecular weight excluding hydrogens is 355 g/mol. The van der Waals surface area contributed by atoms with Gasteiger partial charge in [0.25, 0.3) is 0 Å².